The van der Waals surface area contributed by atoms with E-state index < -0.39 is 6.04 Å². The molecule has 0 saturated carbocycles. The van der Waals surface area contributed by atoms with E-state index in [-0.39, 0.29) is 18.2 Å². The molecular weight excluding hydrogens is 308 g/mol. The molecule has 118 valence electrons. The first kappa shape index (κ1) is 15.6. The van der Waals surface area contributed by atoms with Crippen LogP contribution in [0.3, 0.4) is 0 Å². The average molecular weight is 326 g/mol. The van der Waals surface area contributed by atoms with Gasteiger partial charge in [-0.05, 0) is 36.1 Å². The summed E-state index contributed by atoms with van der Waals surface area (Å²) in [5.74, 6) is -0.287. The van der Waals surface area contributed by atoms with Crippen LogP contribution in [0.15, 0.2) is 59.5 Å². The lowest BCUT2D eigenvalue weighted by atomic mass is 10.2. The Morgan fingerprint density at radius 1 is 1.09 bits per heavy atom. The Labute approximate surface area is 139 Å². The molecule has 2 aromatic rings. The van der Waals surface area contributed by atoms with E-state index >= 15 is 0 Å². The molecule has 1 aliphatic rings. The van der Waals surface area contributed by atoms with Crippen molar-refractivity contribution >= 4 is 29.3 Å². The molecule has 1 aliphatic heterocycles. The van der Waals surface area contributed by atoms with Gasteiger partial charge in [-0.2, -0.15) is 0 Å². The number of carbonyl (C=O) groups excluding carboxylic acids is 2. The van der Waals surface area contributed by atoms with E-state index in [4.69, 9.17) is 0 Å². The van der Waals surface area contributed by atoms with Gasteiger partial charge in [-0.25, -0.2) is 0 Å². The lowest BCUT2D eigenvalue weighted by Crippen LogP contribution is -2.34. The Bertz CT molecular complexity index is 701. The van der Waals surface area contributed by atoms with Crippen molar-refractivity contribution in [2.24, 2.45) is 0 Å². The zero-order chi connectivity index (χ0) is 16.2. The van der Waals surface area contributed by atoms with Crippen molar-refractivity contribution < 1.29 is 9.59 Å². The quantitative estimate of drug-likeness (QED) is 0.677. The van der Waals surface area contributed by atoms with Crippen LogP contribution < -0.4 is 5.32 Å². The van der Waals surface area contributed by atoms with Gasteiger partial charge in [0.25, 0.3) is 5.91 Å². The standard InChI is InChI=1S/C18H18N2O2S/c1-23-15-9-7-14(8-10-15)19-16-11-17(21)20(18(16)22)12-13-5-3-2-4-6-13/h2-10,16,19H,11-12H2,1H3/t16-/m0/s1. The SMILES string of the molecule is CSc1ccc(N[C@H]2CC(=O)N(Cc3ccccc3)C2=O)cc1. The van der Waals surface area contributed by atoms with Crippen LogP contribution in [0.5, 0.6) is 0 Å². The molecule has 5 heteroatoms. The molecule has 1 saturated heterocycles. The first-order chi connectivity index (χ1) is 11.2. The summed E-state index contributed by atoms with van der Waals surface area (Å²) in [6, 6.07) is 16.9. The molecule has 0 aliphatic carbocycles. The van der Waals surface area contributed by atoms with Crippen molar-refractivity contribution in [2.75, 3.05) is 11.6 Å². The summed E-state index contributed by atoms with van der Waals surface area (Å²) < 4.78 is 0. The summed E-state index contributed by atoms with van der Waals surface area (Å²) in [5, 5.41) is 3.17. The molecule has 4 nitrogen and oxygen atoms in total. The molecule has 3 rings (SSSR count). The fourth-order valence-electron chi connectivity index (χ4n) is 2.62. The number of benzene rings is 2. The fourth-order valence-corrected chi connectivity index (χ4v) is 3.02. The van der Waals surface area contributed by atoms with Crippen molar-refractivity contribution in [3.8, 4) is 0 Å². The highest BCUT2D eigenvalue weighted by atomic mass is 32.2. The molecule has 2 amide bonds. The van der Waals surface area contributed by atoms with E-state index in [0.29, 0.717) is 6.54 Å². The van der Waals surface area contributed by atoms with E-state index in [9.17, 15) is 9.59 Å². The Morgan fingerprint density at radius 3 is 2.43 bits per heavy atom. The van der Waals surface area contributed by atoms with Gasteiger partial charge in [0.2, 0.25) is 5.91 Å². The molecule has 1 fully saturated rings. The van der Waals surface area contributed by atoms with Crippen molar-refractivity contribution in [2.45, 2.75) is 23.9 Å². The van der Waals surface area contributed by atoms with E-state index in [0.717, 1.165) is 16.1 Å². The molecule has 0 bridgehead atoms. The number of hydrogen-bond acceptors (Lipinski definition) is 4. The van der Waals surface area contributed by atoms with Crippen LogP contribution in [0.1, 0.15) is 12.0 Å². The van der Waals surface area contributed by atoms with E-state index in [1.807, 2.05) is 60.9 Å². The zero-order valence-electron chi connectivity index (χ0n) is 12.9. The lowest BCUT2D eigenvalue weighted by molar-refractivity contribution is -0.139. The van der Waals surface area contributed by atoms with Gasteiger partial charge in [-0.1, -0.05) is 30.3 Å². The van der Waals surface area contributed by atoms with Crippen LogP contribution in [0.4, 0.5) is 5.69 Å². The summed E-state index contributed by atoms with van der Waals surface area (Å²) >= 11 is 1.67. The van der Waals surface area contributed by atoms with Crippen molar-refractivity contribution in [3.63, 3.8) is 0 Å². The Morgan fingerprint density at radius 2 is 1.78 bits per heavy atom. The van der Waals surface area contributed by atoms with E-state index in [1.54, 1.807) is 11.8 Å². The maximum absolute atomic E-state index is 12.5. The molecule has 0 radical (unpaired) electrons. The topological polar surface area (TPSA) is 49.4 Å². The van der Waals surface area contributed by atoms with Crippen molar-refractivity contribution in [1.29, 1.82) is 0 Å². The molecule has 1 heterocycles. The summed E-state index contributed by atoms with van der Waals surface area (Å²) in [4.78, 5) is 27.1. The second kappa shape index (κ2) is 6.87. The van der Waals surface area contributed by atoms with Crippen LogP contribution in [-0.4, -0.2) is 29.0 Å². The maximum atomic E-state index is 12.5. The second-order valence-electron chi connectivity index (χ2n) is 5.43. The van der Waals surface area contributed by atoms with Gasteiger partial charge in [0, 0.05) is 10.6 Å². The van der Waals surface area contributed by atoms with Gasteiger partial charge in [-0.15, -0.1) is 11.8 Å². The number of thioether (sulfide) groups is 1. The zero-order valence-corrected chi connectivity index (χ0v) is 13.7. The average Bonchev–Trinajstić information content (AvgIpc) is 2.84. The Hall–Kier alpha value is -2.27. The number of carbonyl (C=O) groups is 2. The Balaban J connectivity index is 1.68. The molecule has 1 atom stereocenters. The molecule has 1 N–H and O–H groups in total. The Kier molecular flexibility index (Phi) is 4.67. The molecule has 0 aromatic heterocycles. The smallest absolute Gasteiger partial charge is 0.252 e. The first-order valence-corrected chi connectivity index (χ1v) is 8.68. The molecule has 2 aromatic carbocycles. The molecule has 23 heavy (non-hydrogen) atoms. The minimum atomic E-state index is -0.480. The van der Waals surface area contributed by atoms with Gasteiger partial charge in [0.15, 0.2) is 0 Å². The van der Waals surface area contributed by atoms with Gasteiger partial charge < -0.3 is 5.32 Å². The maximum Gasteiger partial charge on any atom is 0.252 e. The number of hydrogen-bond donors (Lipinski definition) is 1. The predicted octanol–water partition coefficient (Wildman–Crippen LogP) is 3.15. The number of rotatable bonds is 5. The number of nitrogens with one attached hydrogen (secondary N) is 1. The van der Waals surface area contributed by atoms with E-state index in [2.05, 4.69) is 5.32 Å². The summed E-state index contributed by atoms with van der Waals surface area (Å²) in [6.07, 6.45) is 2.22. The first-order valence-electron chi connectivity index (χ1n) is 7.46. The van der Waals surface area contributed by atoms with Crippen molar-refractivity contribution in [1.82, 2.24) is 4.90 Å². The number of anilines is 1. The van der Waals surface area contributed by atoms with Crippen LogP contribution in [0.25, 0.3) is 0 Å². The van der Waals surface area contributed by atoms with Crippen LogP contribution in [0.2, 0.25) is 0 Å². The van der Waals surface area contributed by atoms with Crippen LogP contribution in [-0.2, 0) is 16.1 Å². The molecule has 0 spiro atoms. The van der Waals surface area contributed by atoms with Gasteiger partial charge >= 0.3 is 0 Å². The van der Waals surface area contributed by atoms with E-state index in [1.165, 1.54) is 4.90 Å². The van der Waals surface area contributed by atoms with Crippen LogP contribution >= 0.6 is 11.8 Å². The largest absolute Gasteiger partial charge is 0.373 e. The third kappa shape index (κ3) is 3.56. The highest BCUT2D eigenvalue weighted by molar-refractivity contribution is 7.98. The van der Waals surface area contributed by atoms with Gasteiger partial charge in [-0.3, -0.25) is 14.5 Å². The minimum Gasteiger partial charge on any atom is -0.373 e. The second-order valence-corrected chi connectivity index (χ2v) is 6.31. The van der Waals surface area contributed by atoms with Gasteiger partial charge in [0.1, 0.15) is 6.04 Å². The van der Waals surface area contributed by atoms with Crippen molar-refractivity contribution in [3.05, 3.63) is 60.2 Å². The molecule has 0 unspecified atom stereocenters. The number of nitrogens with zero attached hydrogens (tertiary/aromatic N) is 1. The third-order valence-corrected chi connectivity index (χ3v) is 4.60. The summed E-state index contributed by atoms with van der Waals surface area (Å²) in [7, 11) is 0. The lowest BCUT2D eigenvalue weighted by Gasteiger charge is -2.16. The summed E-state index contributed by atoms with van der Waals surface area (Å²) in [6.45, 7) is 0.335. The number of imide groups is 1. The fraction of sp³-hybridized carbons (Fsp3) is 0.222. The highest BCUT2D eigenvalue weighted by Crippen LogP contribution is 2.22. The van der Waals surface area contributed by atoms with Gasteiger partial charge in [0.05, 0.1) is 13.0 Å². The highest BCUT2D eigenvalue weighted by Gasteiger charge is 2.38. The monoisotopic (exact) mass is 326 g/mol. The number of amides is 2. The normalized spacial score (nSPS) is 17.6. The third-order valence-electron chi connectivity index (χ3n) is 3.86. The summed E-state index contributed by atoms with van der Waals surface area (Å²) in [5.41, 5.74) is 1.81. The predicted molar refractivity (Wildman–Crippen MR) is 92.2 cm³/mol. The molecular formula is C18H18N2O2S. The minimum absolute atomic E-state index is 0.128. The number of likely N-dealkylation sites (tertiary alicyclic amines) is 1. The van der Waals surface area contributed by atoms with Crippen LogP contribution in [0, 0.1) is 0 Å².